The molecule has 6 rings (SSSR count). The Morgan fingerprint density at radius 3 is 2.79 bits per heavy atom. The van der Waals surface area contributed by atoms with Crippen LogP contribution >= 0.6 is 0 Å². The first-order valence-electron chi connectivity index (χ1n) is 11.1. The molecule has 29 heavy (non-hydrogen) atoms. The van der Waals surface area contributed by atoms with Crippen LogP contribution in [-0.2, 0) is 0 Å². The quantitative estimate of drug-likeness (QED) is 0.684. The van der Waals surface area contributed by atoms with Gasteiger partial charge in [-0.25, -0.2) is 4.98 Å². The lowest BCUT2D eigenvalue weighted by Crippen LogP contribution is -2.55. The summed E-state index contributed by atoms with van der Waals surface area (Å²) >= 11 is 0. The molecule has 154 valence electrons. The van der Waals surface area contributed by atoms with E-state index >= 15 is 0 Å². The van der Waals surface area contributed by atoms with Crippen LogP contribution in [0.2, 0.25) is 0 Å². The first-order valence-corrected chi connectivity index (χ1v) is 11.1. The smallest absolute Gasteiger partial charge is 0.428 e. The number of fused-ring (bicyclic) bond motifs is 3. The normalized spacial score (nSPS) is 36.7. The molecule has 6 nitrogen and oxygen atoms in total. The molecule has 3 saturated carbocycles. The molecule has 0 radical (unpaired) electrons. The molecule has 2 aromatic heterocycles. The Morgan fingerprint density at radius 2 is 2.07 bits per heavy atom. The van der Waals surface area contributed by atoms with E-state index in [0.29, 0.717) is 17.8 Å². The summed E-state index contributed by atoms with van der Waals surface area (Å²) in [5, 5.41) is 27.9. The van der Waals surface area contributed by atoms with Crippen LogP contribution in [0, 0.1) is 23.2 Å². The summed E-state index contributed by atoms with van der Waals surface area (Å²) in [6, 6.07) is 2.13. The Balaban J connectivity index is 0.000000882. The number of hydrazone groups is 1. The third-order valence-electron chi connectivity index (χ3n) is 7.72. The van der Waals surface area contributed by atoms with Gasteiger partial charge in [0.05, 0.1) is 11.3 Å². The average Bonchev–Trinajstić information content (AvgIpc) is 3.45. The van der Waals surface area contributed by atoms with Gasteiger partial charge in [-0.3, -0.25) is 0 Å². The predicted molar refractivity (Wildman–Crippen MR) is 116 cm³/mol. The molecule has 0 amide bonds. The number of H-pyrrole nitrogens is 1. The Labute approximate surface area is 172 Å². The molecule has 7 heteroatoms. The van der Waals surface area contributed by atoms with E-state index in [1.807, 2.05) is 31.0 Å². The lowest BCUT2D eigenvalue weighted by atomic mass is 9.65. The average molecular weight is 394 g/mol. The minimum atomic E-state index is -0.777. The van der Waals surface area contributed by atoms with Gasteiger partial charge in [-0.1, -0.05) is 20.8 Å². The second kappa shape index (κ2) is 6.08. The molecule has 2 aromatic rings. The van der Waals surface area contributed by atoms with Gasteiger partial charge in [-0.2, -0.15) is 5.10 Å². The first-order chi connectivity index (χ1) is 13.9. The Bertz CT molecular complexity index is 1000. The van der Waals surface area contributed by atoms with Gasteiger partial charge >= 0.3 is 7.05 Å². The third-order valence-corrected chi connectivity index (χ3v) is 7.72. The molecule has 1 spiro atoms. The second-order valence-electron chi connectivity index (χ2n) is 9.54. The molecule has 0 saturated heterocycles. The van der Waals surface area contributed by atoms with Gasteiger partial charge in [-0.15, -0.1) is 0 Å². The Morgan fingerprint density at radius 1 is 1.31 bits per heavy atom. The maximum atomic E-state index is 11.0. The van der Waals surface area contributed by atoms with Crippen LogP contribution in [0.25, 0.3) is 11.0 Å². The van der Waals surface area contributed by atoms with Crippen molar-refractivity contribution in [2.75, 3.05) is 0 Å². The molecule has 3 heterocycles. The molecule has 5 atom stereocenters. The highest BCUT2D eigenvalue weighted by Crippen LogP contribution is 2.83. The van der Waals surface area contributed by atoms with Crippen molar-refractivity contribution in [2.45, 2.75) is 65.5 Å². The van der Waals surface area contributed by atoms with Gasteiger partial charge in [0, 0.05) is 46.2 Å². The number of rotatable bonds is 2. The number of hydrogen-bond donors (Lipinski definition) is 3. The van der Waals surface area contributed by atoms with Gasteiger partial charge in [0.1, 0.15) is 5.65 Å². The third kappa shape index (κ3) is 2.37. The van der Waals surface area contributed by atoms with Gasteiger partial charge in [-0.05, 0) is 51.0 Å². The molecule has 3 aliphatic carbocycles. The standard InChI is InChI=1S/C20H25BN4O2.C2H6/c1-10(2)25-21(27)14-8-23-18-12(4-5-22-18)16(14)17(24-25)15-11(3)6-20(26)9-19(20)7-13(15)19;1-2/h4-5,8,10-11,13,15,26-27H,6-7,9H2,1-3H3,(H,22,23);1-2H3/t11-,13-,15+,19?,20+;/m1./s1. The lowest BCUT2D eigenvalue weighted by molar-refractivity contribution is 0.0646. The zero-order valence-corrected chi connectivity index (χ0v) is 18.0. The van der Waals surface area contributed by atoms with E-state index in [1.54, 1.807) is 6.20 Å². The van der Waals surface area contributed by atoms with Crippen LogP contribution in [0.5, 0.6) is 0 Å². The number of hydrogen-bond acceptors (Lipinski definition) is 5. The van der Waals surface area contributed by atoms with E-state index in [2.05, 4.69) is 30.7 Å². The van der Waals surface area contributed by atoms with Crippen molar-refractivity contribution in [1.29, 1.82) is 0 Å². The number of aromatic nitrogens is 2. The van der Waals surface area contributed by atoms with Crippen LogP contribution in [-0.4, -0.2) is 49.4 Å². The minimum Gasteiger partial charge on any atom is -0.428 e. The van der Waals surface area contributed by atoms with E-state index in [4.69, 9.17) is 5.10 Å². The lowest BCUT2D eigenvalue weighted by Gasteiger charge is -2.38. The molecule has 3 fully saturated rings. The molecule has 0 bridgehead atoms. The van der Waals surface area contributed by atoms with E-state index < -0.39 is 12.7 Å². The van der Waals surface area contributed by atoms with Crippen LogP contribution in [0.3, 0.4) is 0 Å². The van der Waals surface area contributed by atoms with Gasteiger partial charge in [0.2, 0.25) is 0 Å². The first kappa shape index (κ1) is 19.1. The molecular weight excluding hydrogens is 363 g/mol. The highest BCUT2D eigenvalue weighted by atomic mass is 16.3. The molecule has 3 N–H and O–H groups in total. The van der Waals surface area contributed by atoms with Crippen LogP contribution in [0.15, 0.2) is 23.6 Å². The van der Waals surface area contributed by atoms with E-state index in [1.165, 1.54) is 0 Å². The summed E-state index contributed by atoms with van der Waals surface area (Å²) in [5.41, 5.74) is 3.54. The van der Waals surface area contributed by atoms with Gasteiger partial charge in [0.25, 0.3) is 0 Å². The van der Waals surface area contributed by atoms with Crippen LogP contribution < -0.4 is 5.46 Å². The fourth-order valence-electron chi connectivity index (χ4n) is 6.32. The predicted octanol–water partition coefficient (Wildman–Crippen LogP) is 2.50. The minimum absolute atomic E-state index is 0.0926. The summed E-state index contributed by atoms with van der Waals surface area (Å²) in [7, 11) is -0.777. The summed E-state index contributed by atoms with van der Waals surface area (Å²) < 4.78 is 0. The summed E-state index contributed by atoms with van der Waals surface area (Å²) in [6.07, 6.45) is 6.62. The van der Waals surface area contributed by atoms with Crippen LogP contribution in [0.4, 0.5) is 0 Å². The highest BCUT2D eigenvalue weighted by Gasteiger charge is 2.83. The number of aromatic amines is 1. The molecule has 1 aliphatic heterocycles. The number of pyridine rings is 1. The van der Waals surface area contributed by atoms with E-state index in [-0.39, 0.29) is 11.5 Å². The van der Waals surface area contributed by atoms with Crippen molar-refractivity contribution in [3.63, 3.8) is 0 Å². The summed E-state index contributed by atoms with van der Waals surface area (Å²) in [4.78, 5) is 9.53. The molecule has 4 aliphatic rings. The van der Waals surface area contributed by atoms with Gasteiger partial charge in [0.15, 0.2) is 0 Å². The van der Waals surface area contributed by atoms with Crippen molar-refractivity contribution >= 4 is 29.3 Å². The van der Waals surface area contributed by atoms with Gasteiger partial charge < -0.3 is 20.0 Å². The number of nitrogens with zero attached hydrogens (tertiary/aromatic N) is 3. The monoisotopic (exact) mass is 394 g/mol. The topological polar surface area (TPSA) is 84.7 Å². The molecular formula is C22H31BN4O2. The summed E-state index contributed by atoms with van der Waals surface area (Å²) in [5.74, 6) is 1.20. The summed E-state index contributed by atoms with van der Waals surface area (Å²) in [6.45, 7) is 10.4. The fourth-order valence-corrected chi connectivity index (χ4v) is 6.32. The Kier molecular flexibility index (Phi) is 4.01. The van der Waals surface area contributed by atoms with Crippen LogP contribution in [0.1, 0.15) is 59.4 Å². The SMILES string of the molecule is CC.CC(C)N1N=C([C@H]2[C@H](C)C[C@]3(O)CC34C[C@H]24)c2c(cnc3[nH]ccc23)B1O. The van der Waals surface area contributed by atoms with E-state index in [0.717, 1.165) is 47.0 Å². The molecule has 0 aromatic carbocycles. The van der Waals surface area contributed by atoms with Crippen molar-refractivity contribution in [3.05, 3.63) is 24.0 Å². The maximum Gasteiger partial charge on any atom is 0.468 e. The van der Waals surface area contributed by atoms with Crippen molar-refractivity contribution < 1.29 is 10.1 Å². The Hall–Kier alpha value is -1.86. The van der Waals surface area contributed by atoms with E-state index in [9.17, 15) is 10.1 Å². The second-order valence-corrected chi connectivity index (χ2v) is 9.54. The maximum absolute atomic E-state index is 11.0. The van der Waals surface area contributed by atoms with Crippen molar-refractivity contribution in [2.24, 2.45) is 28.3 Å². The zero-order chi connectivity index (χ0) is 20.7. The fraction of sp³-hybridized carbons (Fsp3) is 0.636. The largest absolute Gasteiger partial charge is 0.468 e. The highest BCUT2D eigenvalue weighted by molar-refractivity contribution is 6.66. The zero-order valence-electron chi connectivity index (χ0n) is 18.0. The van der Waals surface area contributed by atoms with Crippen molar-refractivity contribution in [1.82, 2.24) is 14.9 Å². The number of nitrogens with one attached hydrogen (secondary N) is 1. The van der Waals surface area contributed by atoms with Crippen molar-refractivity contribution in [3.8, 4) is 0 Å². The molecule has 1 unspecified atom stereocenters. The number of aliphatic hydroxyl groups is 1.